The lowest BCUT2D eigenvalue weighted by molar-refractivity contribution is -0.143. The molecule has 0 heterocycles. The van der Waals surface area contributed by atoms with Gasteiger partial charge in [0.15, 0.2) is 0 Å². The monoisotopic (exact) mass is 960 g/mol. The van der Waals surface area contributed by atoms with Crippen molar-refractivity contribution >= 4 is 11.9 Å². The van der Waals surface area contributed by atoms with Crippen LogP contribution >= 0.6 is 0 Å². The van der Waals surface area contributed by atoms with Crippen LogP contribution < -0.4 is 5.32 Å². The molecule has 0 rings (SSSR count). The van der Waals surface area contributed by atoms with Gasteiger partial charge in [-0.1, -0.05) is 296 Å². The second kappa shape index (κ2) is 58.2. The fraction of sp³-hybridized carbons (Fsp3) is 0.935. The van der Waals surface area contributed by atoms with Gasteiger partial charge < -0.3 is 20.3 Å². The number of hydrogen-bond donors (Lipinski definition) is 3. The van der Waals surface area contributed by atoms with E-state index in [1.165, 1.54) is 250 Å². The van der Waals surface area contributed by atoms with Crippen molar-refractivity contribution in [2.24, 2.45) is 0 Å². The Hall–Kier alpha value is -1.40. The van der Waals surface area contributed by atoms with Crippen LogP contribution in [0.15, 0.2) is 12.2 Å². The Bertz CT molecular complexity index is 1020. The summed E-state index contributed by atoms with van der Waals surface area (Å²) < 4.78 is 5.48. The molecule has 2 atom stereocenters. The predicted octanol–water partition coefficient (Wildman–Crippen LogP) is 19.2. The summed E-state index contributed by atoms with van der Waals surface area (Å²) in [6.45, 7) is 4.96. The standard InChI is InChI=1S/C62H121NO5/c1-3-5-7-9-11-13-15-17-19-21-22-23-26-30-34-38-42-46-50-54-60(65)59(58-64)63-61(66)55-51-47-43-39-35-31-27-24-25-29-33-37-41-45-49-53-57-68-62(67)56-52-48-44-40-36-32-28-20-18-16-14-12-10-8-6-4-2/h24,27,59-60,64-65H,3-23,25-26,28-58H2,1-2H3,(H,63,66)/b27-24-. The minimum absolute atomic E-state index is 0.00160. The van der Waals surface area contributed by atoms with Crippen LogP contribution in [0.3, 0.4) is 0 Å². The Balaban J connectivity index is 3.44. The van der Waals surface area contributed by atoms with Gasteiger partial charge in [-0.3, -0.25) is 9.59 Å². The summed E-state index contributed by atoms with van der Waals surface area (Å²) in [6, 6.07) is -0.553. The molecule has 0 saturated heterocycles. The summed E-state index contributed by atoms with van der Waals surface area (Å²) in [5, 5.41) is 23.3. The molecular weight excluding hydrogens is 839 g/mol. The normalized spacial score (nSPS) is 12.6. The molecular formula is C62H121NO5. The maximum Gasteiger partial charge on any atom is 0.305 e. The molecule has 0 saturated carbocycles. The first-order valence-corrected chi connectivity index (χ1v) is 30.9. The van der Waals surface area contributed by atoms with Crippen molar-refractivity contribution in [3.8, 4) is 0 Å². The first kappa shape index (κ1) is 66.6. The third-order valence-corrected chi connectivity index (χ3v) is 14.6. The number of amides is 1. The van der Waals surface area contributed by atoms with Gasteiger partial charge in [0.25, 0.3) is 0 Å². The Labute approximate surface area is 425 Å². The molecule has 0 aromatic rings. The van der Waals surface area contributed by atoms with Gasteiger partial charge in [0, 0.05) is 12.8 Å². The number of esters is 1. The van der Waals surface area contributed by atoms with Gasteiger partial charge >= 0.3 is 5.97 Å². The third-order valence-electron chi connectivity index (χ3n) is 14.6. The highest BCUT2D eigenvalue weighted by Gasteiger charge is 2.20. The number of carbonyl (C=O) groups is 2. The number of allylic oxidation sites excluding steroid dienone is 2. The lowest BCUT2D eigenvalue weighted by Crippen LogP contribution is -2.45. The highest BCUT2D eigenvalue weighted by molar-refractivity contribution is 5.76. The Morgan fingerprint density at radius 2 is 0.691 bits per heavy atom. The lowest BCUT2D eigenvalue weighted by atomic mass is 10.0. The molecule has 0 fully saturated rings. The van der Waals surface area contributed by atoms with E-state index in [2.05, 4.69) is 31.3 Å². The van der Waals surface area contributed by atoms with Crippen LogP contribution in [0.4, 0.5) is 0 Å². The molecule has 68 heavy (non-hydrogen) atoms. The summed E-state index contributed by atoms with van der Waals surface area (Å²) in [6.07, 6.45) is 69.3. The molecule has 0 aromatic heterocycles. The van der Waals surface area contributed by atoms with E-state index in [4.69, 9.17) is 4.74 Å². The van der Waals surface area contributed by atoms with Crippen molar-refractivity contribution in [1.29, 1.82) is 0 Å². The van der Waals surface area contributed by atoms with Gasteiger partial charge in [0.05, 0.1) is 25.4 Å². The zero-order chi connectivity index (χ0) is 49.3. The largest absolute Gasteiger partial charge is 0.466 e. The van der Waals surface area contributed by atoms with Crippen LogP contribution in [-0.4, -0.2) is 47.4 Å². The van der Waals surface area contributed by atoms with Gasteiger partial charge in [-0.25, -0.2) is 0 Å². The quantitative estimate of drug-likeness (QED) is 0.0321. The van der Waals surface area contributed by atoms with Crippen molar-refractivity contribution in [2.75, 3.05) is 13.2 Å². The molecule has 0 bridgehead atoms. The van der Waals surface area contributed by atoms with Gasteiger partial charge in [0.1, 0.15) is 0 Å². The first-order chi connectivity index (χ1) is 33.5. The summed E-state index contributed by atoms with van der Waals surface area (Å²) in [4.78, 5) is 24.6. The number of aliphatic hydroxyl groups excluding tert-OH is 2. The number of hydrogen-bond acceptors (Lipinski definition) is 5. The zero-order valence-corrected chi connectivity index (χ0v) is 46.1. The van der Waals surface area contributed by atoms with Gasteiger partial charge in [0.2, 0.25) is 5.91 Å². The predicted molar refractivity (Wildman–Crippen MR) is 297 cm³/mol. The van der Waals surface area contributed by atoms with Crippen LogP contribution in [0.1, 0.15) is 348 Å². The summed E-state index contributed by atoms with van der Waals surface area (Å²) in [5.41, 5.74) is 0. The second-order valence-corrected chi connectivity index (χ2v) is 21.4. The van der Waals surface area contributed by atoms with Crippen LogP contribution in [0, 0.1) is 0 Å². The summed E-state index contributed by atoms with van der Waals surface area (Å²) in [5.74, 6) is -0.0469. The average Bonchev–Trinajstić information content (AvgIpc) is 3.34. The molecule has 3 N–H and O–H groups in total. The highest BCUT2D eigenvalue weighted by Crippen LogP contribution is 2.18. The summed E-state index contributed by atoms with van der Waals surface area (Å²) >= 11 is 0. The highest BCUT2D eigenvalue weighted by atomic mass is 16.5. The molecule has 0 aliphatic heterocycles. The van der Waals surface area contributed by atoms with Crippen LogP contribution in [-0.2, 0) is 14.3 Å². The van der Waals surface area contributed by atoms with Crippen molar-refractivity contribution in [3.63, 3.8) is 0 Å². The van der Waals surface area contributed by atoms with E-state index in [-0.39, 0.29) is 18.5 Å². The fourth-order valence-corrected chi connectivity index (χ4v) is 9.81. The van der Waals surface area contributed by atoms with Gasteiger partial charge in [-0.05, 0) is 51.4 Å². The lowest BCUT2D eigenvalue weighted by Gasteiger charge is -2.22. The molecule has 2 unspecified atom stereocenters. The van der Waals surface area contributed by atoms with E-state index < -0.39 is 12.1 Å². The van der Waals surface area contributed by atoms with Crippen molar-refractivity contribution in [1.82, 2.24) is 5.32 Å². The maximum absolute atomic E-state index is 12.5. The molecule has 0 aromatic carbocycles. The molecule has 6 heteroatoms. The fourth-order valence-electron chi connectivity index (χ4n) is 9.81. The first-order valence-electron chi connectivity index (χ1n) is 30.9. The van der Waals surface area contributed by atoms with E-state index in [1.54, 1.807) is 0 Å². The van der Waals surface area contributed by atoms with Crippen molar-refractivity contribution in [2.45, 2.75) is 360 Å². The zero-order valence-electron chi connectivity index (χ0n) is 46.1. The van der Waals surface area contributed by atoms with E-state index in [9.17, 15) is 19.8 Å². The van der Waals surface area contributed by atoms with Gasteiger partial charge in [-0.2, -0.15) is 0 Å². The number of carbonyl (C=O) groups excluding carboxylic acids is 2. The molecule has 0 spiro atoms. The average molecular weight is 961 g/mol. The topological polar surface area (TPSA) is 95.9 Å². The van der Waals surface area contributed by atoms with Crippen LogP contribution in [0.5, 0.6) is 0 Å². The summed E-state index contributed by atoms with van der Waals surface area (Å²) in [7, 11) is 0. The van der Waals surface area contributed by atoms with Crippen LogP contribution in [0.25, 0.3) is 0 Å². The van der Waals surface area contributed by atoms with Crippen molar-refractivity contribution < 1.29 is 24.5 Å². The minimum Gasteiger partial charge on any atom is -0.466 e. The molecule has 6 nitrogen and oxygen atoms in total. The Morgan fingerprint density at radius 3 is 1.04 bits per heavy atom. The number of unbranched alkanes of at least 4 members (excludes halogenated alkanes) is 45. The minimum atomic E-state index is -0.675. The van der Waals surface area contributed by atoms with E-state index in [0.717, 1.165) is 64.2 Å². The molecule has 1 amide bonds. The van der Waals surface area contributed by atoms with E-state index in [0.29, 0.717) is 25.9 Å². The molecule has 404 valence electrons. The molecule has 0 aliphatic carbocycles. The van der Waals surface area contributed by atoms with E-state index >= 15 is 0 Å². The maximum atomic E-state index is 12.5. The van der Waals surface area contributed by atoms with Crippen LogP contribution in [0.2, 0.25) is 0 Å². The number of aliphatic hydroxyl groups is 2. The number of nitrogens with one attached hydrogen (secondary N) is 1. The van der Waals surface area contributed by atoms with Gasteiger partial charge in [-0.15, -0.1) is 0 Å². The Morgan fingerprint density at radius 1 is 0.397 bits per heavy atom. The SMILES string of the molecule is CCCCCCCCCCCCCCCCCCCCCC(O)C(CO)NC(=O)CCCCCCC/C=C\CCCCCCCCCOC(=O)CCCCCCCCCCCCCCCCCC. The second-order valence-electron chi connectivity index (χ2n) is 21.4. The molecule has 0 aliphatic rings. The third kappa shape index (κ3) is 53.9. The molecule has 0 radical (unpaired) electrons. The van der Waals surface area contributed by atoms with Crippen molar-refractivity contribution in [3.05, 3.63) is 12.2 Å². The number of ether oxygens (including phenoxy) is 1. The van der Waals surface area contributed by atoms with E-state index in [1.807, 2.05) is 0 Å². The Kier molecular flexibility index (Phi) is 57.0. The smallest absolute Gasteiger partial charge is 0.305 e. The number of rotatable bonds is 58.